The standard InChI is InChI=1S/C11H18BrN3O/c1-8(9-3-4-9)11-14-13-10(7-12)15(11)5-6-16-2/h8-9H,3-7H2,1-2H3. The SMILES string of the molecule is COCCn1c(CBr)nnc1C(C)C1CC1. The van der Waals surface area contributed by atoms with E-state index in [0.717, 1.165) is 29.4 Å². The third-order valence-corrected chi connectivity index (χ3v) is 3.73. The van der Waals surface area contributed by atoms with Gasteiger partial charge in [0.25, 0.3) is 0 Å². The predicted octanol–water partition coefficient (Wildman–Crippen LogP) is 2.33. The molecule has 0 aliphatic heterocycles. The molecule has 1 aromatic rings. The molecule has 2 rings (SSSR count). The molecule has 1 unspecified atom stereocenters. The van der Waals surface area contributed by atoms with Gasteiger partial charge in [0.1, 0.15) is 11.6 Å². The molecule has 1 fully saturated rings. The van der Waals surface area contributed by atoms with Crippen molar-refractivity contribution in [1.29, 1.82) is 0 Å². The number of halogens is 1. The van der Waals surface area contributed by atoms with Gasteiger partial charge in [-0.1, -0.05) is 22.9 Å². The number of nitrogens with zero attached hydrogens (tertiary/aromatic N) is 3. The Morgan fingerprint density at radius 1 is 1.50 bits per heavy atom. The molecule has 16 heavy (non-hydrogen) atoms. The summed E-state index contributed by atoms with van der Waals surface area (Å²) in [5.41, 5.74) is 0. The molecule has 0 spiro atoms. The van der Waals surface area contributed by atoms with Crippen LogP contribution in [-0.4, -0.2) is 28.5 Å². The third kappa shape index (κ3) is 2.46. The van der Waals surface area contributed by atoms with Crippen LogP contribution in [0.25, 0.3) is 0 Å². The highest BCUT2D eigenvalue weighted by molar-refractivity contribution is 9.08. The summed E-state index contributed by atoms with van der Waals surface area (Å²) in [6.07, 6.45) is 2.67. The minimum absolute atomic E-state index is 0.525. The average Bonchev–Trinajstić information content (AvgIpc) is 3.06. The van der Waals surface area contributed by atoms with Crippen molar-refractivity contribution in [3.8, 4) is 0 Å². The lowest BCUT2D eigenvalue weighted by Crippen LogP contribution is -2.13. The summed E-state index contributed by atoms with van der Waals surface area (Å²) in [6, 6.07) is 0. The van der Waals surface area contributed by atoms with E-state index in [0.29, 0.717) is 12.5 Å². The second-order valence-electron chi connectivity index (χ2n) is 4.38. The van der Waals surface area contributed by atoms with Crippen LogP contribution in [0.1, 0.15) is 37.3 Å². The van der Waals surface area contributed by atoms with Gasteiger partial charge in [-0.3, -0.25) is 0 Å². The van der Waals surface area contributed by atoms with Crippen molar-refractivity contribution >= 4 is 15.9 Å². The minimum atomic E-state index is 0.525. The van der Waals surface area contributed by atoms with E-state index >= 15 is 0 Å². The van der Waals surface area contributed by atoms with Gasteiger partial charge in [0.2, 0.25) is 0 Å². The molecule has 1 heterocycles. The van der Waals surface area contributed by atoms with Gasteiger partial charge in [-0.05, 0) is 18.8 Å². The molecule has 1 saturated carbocycles. The highest BCUT2D eigenvalue weighted by Gasteiger charge is 2.32. The number of methoxy groups -OCH3 is 1. The lowest BCUT2D eigenvalue weighted by atomic mass is 10.1. The van der Waals surface area contributed by atoms with Crippen LogP contribution >= 0.6 is 15.9 Å². The van der Waals surface area contributed by atoms with Crippen LogP contribution in [-0.2, 0) is 16.6 Å². The first-order chi connectivity index (χ1) is 7.77. The lowest BCUT2D eigenvalue weighted by molar-refractivity contribution is 0.185. The van der Waals surface area contributed by atoms with Crippen molar-refractivity contribution in [3.63, 3.8) is 0 Å². The maximum absolute atomic E-state index is 5.13. The van der Waals surface area contributed by atoms with E-state index in [1.165, 1.54) is 12.8 Å². The van der Waals surface area contributed by atoms with Crippen LogP contribution in [0.3, 0.4) is 0 Å². The van der Waals surface area contributed by atoms with Gasteiger partial charge >= 0.3 is 0 Å². The number of hydrogen-bond acceptors (Lipinski definition) is 3. The predicted molar refractivity (Wildman–Crippen MR) is 65.7 cm³/mol. The molecule has 0 saturated heterocycles. The molecule has 0 bridgehead atoms. The number of rotatable bonds is 6. The number of aromatic nitrogens is 3. The highest BCUT2D eigenvalue weighted by atomic mass is 79.9. The molecule has 0 amide bonds. The second-order valence-corrected chi connectivity index (χ2v) is 4.94. The maximum atomic E-state index is 5.13. The third-order valence-electron chi connectivity index (χ3n) is 3.23. The Hall–Kier alpha value is -0.420. The maximum Gasteiger partial charge on any atom is 0.143 e. The molecule has 0 radical (unpaired) electrons. The summed E-state index contributed by atoms with van der Waals surface area (Å²) in [7, 11) is 1.72. The fourth-order valence-electron chi connectivity index (χ4n) is 2.02. The van der Waals surface area contributed by atoms with Crippen molar-refractivity contribution < 1.29 is 4.74 Å². The van der Waals surface area contributed by atoms with E-state index in [1.54, 1.807) is 7.11 Å². The van der Waals surface area contributed by atoms with E-state index in [2.05, 4.69) is 37.6 Å². The van der Waals surface area contributed by atoms with Crippen molar-refractivity contribution in [2.45, 2.75) is 37.6 Å². The van der Waals surface area contributed by atoms with Gasteiger partial charge in [-0.25, -0.2) is 0 Å². The van der Waals surface area contributed by atoms with Crippen LogP contribution in [0.4, 0.5) is 0 Å². The molecule has 90 valence electrons. The fraction of sp³-hybridized carbons (Fsp3) is 0.818. The first-order valence-electron chi connectivity index (χ1n) is 5.74. The van der Waals surface area contributed by atoms with Gasteiger partial charge in [-0.2, -0.15) is 0 Å². The van der Waals surface area contributed by atoms with Gasteiger partial charge in [-0.15, -0.1) is 10.2 Å². The summed E-state index contributed by atoms with van der Waals surface area (Å²) < 4.78 is 7.33. The van der Waals surface area contributed by atoms with Gasteiger partial charge < -0.3 is 9.30 Å². The van der Waals surface area contributed by atoms with Gasteiger partial charge in [0.05, 0.1) is 11.9 Å². The molecule has 1 aliphatic carbocycles. The van der Waals surface area contributed by atoms with Crippen LogP contribution in [0.15, 0.2) is 0 Å². The minimum Gasteiger partial charge on any atom is -0.383 e. The molecule has 5 heteroatoms. The first-order valence-corrected chi connectivity index (χ1v) is 6.87. The summed E-state index contributed by atoms with van der Waals surface area (Å²) in [4.78, 5) is 0. The van der Waals surface area contributed by atoms with Crippen LogP contribution in [0.2, 0.25) is 0 Å². The molecule has 1 atom stereocenters. The van der Waals surface area contributed by atoms with Gasteiger partial charge in [0.15, 0.2) is 0 Å². The zero-order valence-corrected chi connectivity index (χ0v) is 11.4. The van der Waals surface area contributed by atoms with Crippen LogP contribution in [0.5, 0.6) is 0 Å². The number of ether oxygens (including phenoxy) is 1. The van der Waals surface area contributed by atoms with E-state index in [4.69, 9.17) is 4.74 Å². The number of alkyl halides is 1. The van der Waals surface area contributed by atoms with E-state index in [9.17, 15) is 0 Å². The normalized spacial score (nSPS) is 17.7. The van der Waals surface area contributed by atoms with Crippen molar-refractivity contribution in [1.82, 2.24) is 14.8 Å². The second kappa shape index (κ2) is 5.27. The summed E-state index contributed by atoms with van der Waals surface area (Å²) in [5, 5.41) is 9.31. The molecular weight excluding hydrogens is 270 g/mol. The zero-order valence-electron chi connectivity index (χ0n) is 9.82. The Balaban J connectivity index is 2.18. The quantitative estimate of drug-likeness (QED) is 0.754. The molecule has 0 aromatic carbocycles. The highest BCUT2D eigenvalue weighted by Crippen LogP contribution is 2.41. The largest absolute Gasteiger partial charge is 0.383 e. The topological polar surface area (TPSA) is 39.9 Å². The zero-order chi connectivity index (χ0) is 11.5. The fourth-order valence-corrected chi connectivity index (χ4v) is 2.43. The van der Waals surface area contributed by atoms with Crippen molar-refractivity contribution in [2.24, 2.45) is 5.92 Å². The average molecular weight is 288 g/mol. The van der Waals surface area contributed by atoms with E-state index in [-0.39, 0.29) is 0 Å². The Labute approximate surface area is 105 Å². The monoisotopic (exact) mass is 287 g/mol. The van der Waals surface area contributed by atoms with Crippen LogP contribution in [0, 0.1) is 5.92 Å². The summed E-state index contributed by atoms with van der Waals surface area (Å²) in [6.45, 7) is 3.81. The summed E-state index contributed by atoms with van der Waals surface area (Å²) >= 11 is 3.45. The molecule has 0 N–H and O–H groups in total. The molecular formula is C11H18BrN3O. The smallest absolute Gasteiger partial charge is 0.143 e. The Morgan fingerprint density at radius 2 is 2.25 bits per heavy atom. The first kappa shape index (κ1) is 12.0. The van der Waals surface area contributed by atoms with E-state index in [1.807, 2.05) is 0 Å². The molecule has 1 aromatic heterocycles. The summed E-state index contributed by atoms with van der Waals surface area (Å²) in [5.74, 6) is 3.46. The Bertz CT molecular complexity index is 349. The van der Waals surface area contributed by atoms with Crippen LogP contribution < -0.4 is 0 Å². The Morgan fingerprint density at radius 3 is 2.81 bits per heavy atom. The van der Waals surface area contributed by atoms with Gasteiger partial charge in [0, 0.05) is 19.6 Å². The van der Waals surface area contributed by atoms with Crippen molar-refractivity contribution in [3.05, 3.63) is 11.6 Å². The number of hydrogen-bond donors (Lipinski definition) is 0. The molecule has 4 nitrogen and oxygen atoms in total. The Kier molecular flexibility index (Phi) is 3.97. The molecule has 1 aliphatic rings. The lowest BCUT2D eigenvalue weighted by Gasteiger charge is -2.13. The van der Waals surface area contributed by atoms with Crippen molar-refractivity contribution in [2.75, 3.05) is 13.7 Å². The van der Waals surface area contributed by atoms with E-state index < -0.39 is 0 Å².